The quantitative estimate of drug-likeness (QED) is 0.373. The monoisotopic (exact) mass is 260 g/mol. The maximum Gasteiger partial charge on any atom is 0.173 e. The number of pyridine rings is 1. The SMILES string of the molecule is CCN(c1nc2c(cc1C(N)=NO)CCC2)C1CC1. The third-order valence-corrected chi connectivity index (χ3v) is 4.01. The molecule has 0 aliphatic heterocycles. The first-order chi connectivity index (χ1) is 9.24. The summed E-state index contributed by atoms with van der Waals surface area (Å²) in [5.74, 6) is 1.05. The van der Waals surface area contributed by atoms with Gasteiger partial charge in [-0.25, -0.2) is 4.98 Å². The minimum atomic E-state index is 0.163. The number of anilines is 1. The zero-order valence-corrected chi connectivity index (χ0v) is 11.3. The number of nitrogens with zero attached hydrogens (tertiary/aromatic N) is 3. The highest BCUT2D eigenvalue weighted by Gasteiger charge is 2.32. The molecule has 0 amide bonds. The number of oxime groups is 1. The van der Waals surface area contributed by atoms with E-state index >= 15 is 0 Å². The van der Waals surface area contributed by atoms with Crippen LogP contribution in [-0.2, 0) is 12.8 Å². The van der Waals surface area contributed by atoms with Gasteiger partial charge in [-0.1, -0.05) is 5.16 Å². The predicted octanol–water partition coefficient (Wildman–Crippen LogP) is 1.65. The van der Waals surface area contributed by atoms with E-state index in [0.717, 1.165) is 37.2 Å². The molecule has 1 saturated carbocycles. The van der Waals surface area contributed by atoms with Crippen LogP contribution in [-0.4, -0.2) is 28.6 Å². The summed E-state index contributed by atoms with van der Waals surface area (Å²) in [7, 11) is 0. The summed E-state index contributed by atoms with van der Waals surface area (Å²) in [6.45, 7) is 3.03. The lowest BCUT2D eigenvalue weighted by Gasteiger charge is -2.24. The molecule has 0 spiro atoms. The minimum Gasteiger partial charge on any atom is -0.409 e. The van der Waals surface area contributed by atoms with Crippen LogP contribution in [0.4, 0.5) is 5.82 Å². The Balaban J connectivity index is 2.09. The minimum absolute atomic E-state index is 0.163. The van der Waals surface area contributed by atoms with Crippen molar-refractivity contribution < 1.29 is 5.21 Å². The fraction of sp³-hybridized carbons (Fsp3) is 0.571. The number of amidine groups is 1. The van der Waals surface area contributed by atoms with Gasteiger partial charge in [-0.3, -0.25) is 0 Å². The second kappa shape index (κ2) is 4.72. The van der Waals surface area contributed by atoms with Crippen molar-refractivity contribution in [1.82, 2.24) is 4.98 Å². The van der Waals surface area contributed by atoms with Gasteiger partial charge in [0, 0.05) is 18.3 Å². The van der Waals surface area contributed by atoms with Gasteiger partial charge in [0.05, 0.1) is 5.56 Å². The standard InChI is InChI=1S/C14H20N4O/c1-2-18(10-6-7-10)14-11(13(15)17-19)8-9-4-3-5-12(9)16-14/h8,10,19H,2-7H2,1H3,(H2,15,17). The molecule has 102 valence electrons. The molecule has 0 atom stereocenters. The lowest BCUT2D eigenvalue weighted by atomic mass is 10.1. The molecule has 19 heavy (non-hydrogen) atoms. The van der Waals surface area contributed by atoms with Gasteiger partial charge in [0.15, 0.2) is 5.84 Å². The number of aryl methyl sites for hydroxylation is 2. The number of hydrogen-bond acceptors (Lipinski definition) is 4. The number of rotatable bonds is 4. The summed E-state index contributed by atoms with van der Waals surface area (Å²) in [6.07, 6.45) is 5.66. The fourth-order valence-corrected chi connectivity index (χ4v) is 2.89. The van der Waals surface area contributed by atoms with E-state index in [1.54, 1.807) is 0 Å². The van der Waals surface area contributed by atoms with Crippen LogP contribution in [0.25, 0.3) is 0 Å². The van der Waals surface area contributed by atoms with Crippen molar-refractivity contribution in [1.29, 1.82) is 0 Å². The second-order valence-corrected chi connectivity index (χ2v) is 5.32. The van der Waals surface area contributed by atoms with Gasteiger partial charge in [-0.2, -0.15) is 0 Å². The van der Waals surface area contributed by atoms with E-state index in [-0.39, 0.29) is 5.84 Å². The van der Waals surface area contributed by atoms with E-state index in [1.807, 2.05) is 0 Å². The highest BCUT2D eigenvalue weighted by atomic mass is 16.4. The average molecular weight is 260 g/mol. The van der Waals surface area contributed by atoms with E-state index in [1.165, 1.54) is 24.1 Å². The molecule has 0 radical (unpaired) electrons. The van der Waals surface area contributed by atoms with Crippen LogP contribution in [0.1, 0.15) is 43.0 Å². The Bertz CT molecular complexity index is 522. The largest absolute Gasteiger partial charge is 0.409 e. The normalized spacial score (nSPS) is 18.5. The molecule has 2 aliphatic rings. The molecule has 5 heteroatoms. The molecule has 3 N–H and O–H groups in total. The summed E-state index contributed by atoms with van der Waals surface area (Å²) < 4.78 is 0. The number of fused-ring (bicyclic) bond motifs is 1. The maximum absolute atomic E-state index is 8.99. The third-order valence-electron chi connectivity index (χ3n) is 4.01. The van der Waals surface area contributed by atoms with Crippen molar-refractivity contribution in [2.45, 2.75) is 45.1 Å². The van der Waals surface area contributed by atoms with Crippen LogP contribution in [0.5, 0.6) is 0 Å². The van der Waals surface area contributed by atoms with Crippen LogP contribution < -0.4 is 10.6 Å². The van der Waals surface area contributed by atoms with Gasteiger partial charge in [0.25, 0.3) is 0 Å². The number of aromatic nitrogens is 1. The lowest BCUT2D eigenvalue weighted by Crippen LogP contribution is -2.30. The zero-order valence-electron chi connectivity index (χ0n) is 11.3. The Morgan fingerprint density at radius 2 is 2.32 bits per heavy atom. The zero-order chi connectivity index (χ0) is 13.4. The highest BCUT2D eigenvalue weighted by Crippen LogP contribution is 2.34. The molecular weight excluding hydrogens is 240 g/mol. The summed E-state index contributed by atoms with van der Waals surface area (Å²) in [5, 5.41) is 12.2. The molecule has 0 bridgehead atoms. The second-order valence-electron chi connectivity index (χ2n) is 5.32. The highest BCUT2D eigenvalue weighted by molar-refractivity contribution is 6.01. The van der Waals surface area contributed by atoms with Crippen molar-refractivity contribution in [3.63, 3.8) is 0 Å². The van der Waals surface area contributed by atoms with Crippen LogP contribution in [0.15, 0.2) is 11.2 Å². The first kappa shape index (κ1) is 12.3. The Kier molecular flexibility index (Phi) is 3.05. The van der Waals surface area contributed by atoms with Crippen LogP contribution >= 0.6 is 0 Å². The van der Waals surface area contributed by atoms with Crippen LogP contribution in [0.2, 0.25) is 0 Å². The van der Waals surface area contributed by atoms with Crippen LogP contribution in [0.3, 0.4) is 0 Å². The van der Waals surface area contributed by atoms with E-state index in [0.29, 0.717) is 6.04 Å². The van der Waals surface area contributed by atoms with Crippen LogP contribution in [0, 0.1) is 0 Å². The molecule has 1 heterocycles. The van der Waals surface area contributed by atoms with Crippen molar-refractivity contribution in [2.24, 2.45) is 10.9 Å². The first-order valence-corrected chi connectivity index (χ1v) is 7.02. The topological polar surface area (TPSA) is 74.7 Å². The number of nitrogens with two attached hydrogens (primary N) is 1. The average Bonchev–Trinajstić information content (AvgIpc) is 3.15. The van der Waals surface area contributed by atoms with Gasteiger partial charge in [0.2, 0.25) is 0 Å². The Morgan fingerprint density at radius 3 is 2.95 bits per heavy atom. The van der Waals surface area contributed by atoms with Crippen molar-refractivity contribution in [2.75, 3.05) is 11.4 Å². The fourth-order valence-electron chi connectivity index (χ4n) is 2.89. The Labute approximate surface area is 113 Å². The molecule has 3 rings (SSSR count). The smallest absolute Gasteiger partial charge is 0.173 e. The van der Waals surface area contributed by atoms with Crippen molar-refractivity contribution in [3.8, 4) is 0 Å². The molecule has 0 saturated heterocycles. The molecule has 2 aliphatic carbocycles. The molecule has 0 aromatic carbocycles. The van der Waals surface area contributed by atoms with Gasteiger partial charge in [-0.15, -0.1) is 0 Å². The first-order valence-electron chi connectivity index (χ1n) is 7.02. The summed E-state index contributed by atoms with van der Waals surface area (Å²) in [6, 6.07) is 2.63. The molecule has 5 nitrogen and oxygen atoms in total. The van der Waals surface area contributed by atoms with Crippen molar-refractivity contribution >= 4 is 11.7 Å². The van der Waals surface area contributed by atoms with E-state index in [9.17, 15) is 0 Å². The number of hydrogen-bond donors (Lipinski definition) is 2. The summed E-state index contributed by atoms with van der Waals surface area (Å²) in [4.78, 5) is 7.09. The third kappa shape index (κ3) is 2.13. The van der Waals surface area contributed by atoms with Gasteiger partial charge in [0.1, 0.15) is 5.82 Å². The van der Waals surface area contributed by atoms with Gasteiger partial charge < -0.3 is 15.8 Å². The Hall–Kier alpha value is -1.78. The Morgan fingerprint density at radius 1 is 1.53 bits per heavy atom. The molecule has 1 fully saturated rings. The summed E-state index contributed by atoms with van der Waals surface area (Å²) >= 11 is 0. The molecule has 1 aromatic heterocycles. The predicted molar refractivity (Wildman–Crippen MR) is 74.8 cm³/mol. The van der Waals surface area contributed by atoms with E-state index < -0.39 is 0 Å². The van der Waals surface area contributed by atoms with E-state index in [4.69, 9.17) is 15.9 Å². The van der Waals surface area contributed by atoms with E-state index in [2.05, 4.69) is 23.0 Å². The maximum atomic E-state index is 8.99. The lowest BCUT2D eigenvalue weighted by molar-refractivity contribution is 0.318. The van der Waals surface area contributed by atoms with Gasteiger partial charge >= 0.3 is 0 Å². The van der Waals surface area contributed by atoms with Gasteiger partial charge in [-0.05, 0) is 50.7 Å². The van der Waals surface area contributed by atoms with Crippen molar-refractivity contribution in [3.05, 3.63) is 22.9 Å². The molecule has 1 aromatic rings. The summed E-state index contributed by atoms with van der Waals surface area (Å²) in [5.41, 5.74) is 9.04. The molecule has 0 unspecified atom stereocenters. The molecular formula is C14H20N4O.